The molecule has 3 aromatic carbocycles. The maximum Gasteiger partial charge on any atom is 0.265 e. The van der Waals surface area contributed by atoms with Gasteiger partial charge in [0.25, 0.3) is 11.8 Å². The van der Waals surface area contributed by atoms with Crippen LogP contribution in [0.2, 0.25) is 0 Å². The predicted molar refractivity (Wildman–Crippen MR) is 139 cm³/mol. The summed E-state index contributed by atoms with van der Waals surface area (Å²) in [6, 6.07) is 17.8. The Morgan fingerprint density at radius 1 is 0.944 bits per heavy atom. The molecule has 0 bridgehead atoms. The molecule has 0 saturated heterocycles. The number of carbonyl (C=O) groups is 2. The van der Waals surface area contributed by atoms with E-state index in [2.05, 4.69) is 10.6 Å². The highest BCUT2D eigenvalue weighted by Gasteiger charge is 2.16. The van der Waals surface area contributed by atoms with Gasteiger partial charge in [-0.3, -0.25) is 9.59 Å². The second-order valence-corrected chi connectivity index (χ2v) is 9.26. The van der Waals surface area contributed by atoms with Crippen molar-refractivity contribution in [2.24, 2.45) is 0 Å². The Bertz CT molecular complexity index is 1450. The van der Waals surface area contributed by atoms with Gasteiger partial charge in [0.05, 0.1) is 11.5 Å². The van der Waals surface area contributed by atoms with E-state index < -0.39 is 0 Å². The third kappa shape index (κ3) is 5.12. The first-order valence-electron chi connectivity index (χ1n) is 11.4. The first-order valence-corrected chi connectivity index (χ1v) is 12.2. The van der Waals surface area contributed by atoms with Gasteiger partial charge in [-0.2, -0.15) is 0 Å². The van der Waals surface area contributed by atoms with Gasteiger partial charge in [-0.25, -0.2) is 0 Å². The SMILES string of the molecule is Cc1ccc(NC(=O)c2ccc3c(c2)OCCO3)cc1NC(=O)c1cc2ccc(OCCO)cc2s1. The number of aryl methyl sites for hydroxylation is 1. The quantitative estimate of drug-likeness (QED) is 0.332. The molecule has 2 heterocycles. The Morgan fingerprint density at radius 2 is 1.78 bits per heavy atom. The lowest BCUT2D eigenvalue weighted by atomic mass is 10.1. The van der Waals surface area contributed by atoms with E-state index in [9.17, 15) is 9.59 Å². The minimum atomic E-state index is -0.295. The number of rotatable bonds is 7. The van der Waals surface area contributed by atoms with Crippen molar-refractivity contribution in [2.75, 3.05) is 37.1 Å². The van der Waals surface area contributed by atoms with Crippen LogP contribution in [-0.2, 0) is 0 Å². The number of thiophene rings is 1. The summed E-state index contributed by atoms with van der Waals surface area (Å²) in [5, 5.41) is 15.7. The molecule has 36 heavy (non-hydrogen) atoms. The molecule has 3 N–H and O–H groups in total. The zero-order valence-corrected chi connectivity index (χ0v) is 20.3. The van der Waals surface area contributed by atoms with Crippen molar-refractivity contribution in [1.29, 1.82) is 0 Å². The van der Waals surface area contributed by atoms with Crippen molar-refractivity contribution in [2.45, 2.75) is 6.92 Å². The van der Waals surface area contributed by atoms with Crippen LogP contribution >= 0.6 is 11.3 Å². The Balaban J connectivity index is 1.30. The lowest BCUT2D eigenvalue weighted by Crippen LogP contribution is -2.17. The fraction of sp³-hybridized carbons (Fsp3) is 0.185. The predicted octanol–water partition coefficient (Wildman–Crippen LogP) is 4.86. The summed E-state index contributed by atoms with van der Waals surface area (Å²) < 4.78 is 17.4. The molecule has 0 saturated carbocycles. The van der Waals surface area contributed by atoms with Crippen LogP contribution < -0.4 is 24.8 Å². The number of fused-ring (bicyclic) bond motifs is 2. The molecule has 0 aliphatic carbocycles. The fourth-order valence-corrected chi connectivity index (χ4v) is 4.77. The Hall–Kier alpha value is -4.08. The number of aliphatic hydroxyl groups excluding tert-OH is 1. The van der Waals surface area contributed by atoms with Crippen molar-refractivity contribution >= 4 is 44.6 Å². The number of hydrogen-bond acceptors (Lipinski definition) is 7. The van der Waals surface area contributed by atoms with E-state index in [1.807, 2.05) is 37.3 Å². The number of benzene rings is 3. The fourth-order valence-electron chi connectivity index (χ4n) is 3.78. The van der Waals surface area contributed by atoms with Crippen molar-refractivity contribution in [3.63, 3.8) is 0 Å². The summed E-state index contributed by atoms with van der Waals surface area (Å²) in [7, 11) is 0. The monoisotopic (exact) mass is 504 g/mol. The van der Waals surface area contributed by atoms with Gasteiger partial charge in [-0.05, 0) is 72.5 Å². The summed E-state index contributed by atoms with van der Waals surface area (Å²) in [6.45, 7) is 2.96. The molecule has 0 spiro atoms. The van der Waals surface area contributed by atoms with E-state index in [4.69, 9.17) is 19.3 Å². The third-order valence-electron chi connectivity index (χ3n) is 5.62. The average Bonchev–Trinajstić information content (AvgIpc) is 3.33. The number of nitrogens with one attached hydrogen (secondary N) is 2. The summed E-state index contributed by atoms with van der Waals surface area (Å²) >= 11 is 1.36. The van der Waals surface area contributed by atoms with Crippen molar-refractivity contribution in [1.82, 2.24) is 0 Å². The lowest BCUT2D eigenvalue weighted by molar-refractivity contribution is 0.102. The van der Waals surface area contributed by atoms with Crippen LogP contribution in [0.5, 0.6) is 17.2 Å². The Morgan fingerprint density at radius 3 is 2.61 bits per heavy atom. The van der Waals surface area contributed by atoms with Crippen LogP contribution in [0.25, 0.3) is 10.1 Å². The highest BCUT2D eigenvalue weighted by molar-refractivity contribution is 7.20. The van der Waals surface area contributed by atoms with Gasteiger partial charge in [0.2, 0.25) is 0 Å². The number of amides is 2. The van der Waals surface area contributed by atoms with E-state index >= 15 is 0 Å². The largest absolute Gasteiger partial charge is 0.491 e. The van der Waals surface area contributed by atoms with E-state index in [1.54, 1.807) is 30.3 Å². The molecule has 0 unspecified atom stereocenters. The third-order valence-corrected chi connectivity index (χ3v) is 6.72. The highest BCUT2D eigenvalue weighted by atomic mass is 32.1. The molecular formula is C27H24N2O6S. The molecule has 184 valence electrons. The van der Waals surface area contributed by atoms with Crippen LogP contribution in [0, 0.1) is 6.92 Å². The second-order valence-electron chi connectivity index (χ2n) is 8.18. The number of carbonyl (C=O) groups excluding carboxylic acids is 2. The summed E-state index contributed by atoms with van der Waals surface area (Å²) in [4.78, 5) is 26.4. The van der Waals surface area contributed by atoms with Gasteiger partial charge in [-0.15, -0.1) is 11.3 Å². The van der Waals surface area contributed by atoms with Crippen molar-refractivity contribution < 1.29 is 28.9 Å². The molecule has 0 radical (unpaired) electrons. The Labute approximate surface area is 211 Å². The Kier molecular flexibility index (Phi) is 6.75. The molecule has 0 fully saturated rings. The van der Waals surface area contributed by atoms with E-state index in [0.29, 0.717) is 52.3 Å². The van der Waals surface area contributed by atoms with Crippen molar-refractivity contribution in [3.8, 4) is 17.2 Å². The topological polar surface area (TPSA) is 106 Å². The van der Waals surface area contributed by atoms with Crippen LogP contribution in [-0.4, -0.2) is 43.3 Å². The van der Waals surface area contributed by atoms with Crippen LogP contribution in [0.15, 0.2) is 60.7 Å². The van der Waals surface area contributed by atoms with Crippen LogP contribution in [0.4, 0.5) is 11.4 Å². The second kappa shape index (κ2) is 10.3. The van der Waals surface area contributed by atoms with Crippen LogP contribution in [0.3, 0.4) is 0 Å². The summed E-state index contributed by atoms with van der Waals surface area (Å²) in [6.07, 6.45) is 0. The zero-order chi connectivity index (χ0) is 25.1. The molecule has 2 amide bonds. The zero-order valence-electron chi connectivity index (χ0n) is 19.5. The van der Waals surface area contributed by atoms with E-state index in [0.717, 1.165) is 15.6 Å². The molecular weight excluding hydrogens is 480 g/mol. The molecule has 1 aliphatic rings. The molecule has 1 aromatic heterocycles. The van der Waals surface area contributed by atoms with Crippen molar-refractivity contribution in [3.05, 3.63) is 76.7 Å². The minimum Gasteiger partial charge on any atom is -0.491 e. The summed E-state index contributed by atoms with van der Waals surface area (Å²) in [5.74, 6) is 1.27. The highest BCUT2D eigenvalue weighted by Crippen LogP contribution is 2.32. The number of anilines is 2. The molecule has 8 nitrogen and oxygen atoms in total. The molecule has 4 aromatic rings. The lowest BCUT2D eigenvalue weighted by Gasteiger charge is -2.18. The normalized spacial score (nSPS) is 12.3. The molecule has 0 atom stereocenters. The number of ether oxygens (including phenoxy) is 3. The average molecular weight is 505 g/mol. The van der Waals surface area contributed by atoms with Gasteiger partial charge >= 0.3 is 0 Å². The van der Waals surface area contributed by atoms with Crippen LogP contribution in [0.1, 0.15) is 25.6 Å². The summed E-state index contributed by atoms with van der Waals surface area (Å²) in [5.41, 5.74) is 2.46. The molecule has 9 heteroatoms. The first kappa shape index (κ1) is 23.7. The van der Waals surface area contributed by atoms with Gasteiger partial charge in [0, 0.05) is 21.6 Å². The first-order chi connectivity index (χ1) is 17.5. The smallest absolute Gasteiger partial charge is 0.265 e. The van der Waals surface area contributed by atoms with E-state index in [-0.39, 0.29) is 25.0 Å². The number of aliphatic hydroxyl groups is 1. The number of hydrogen-bond donors (Lipinski definition) is 3. The molecule has 1 aliphatic heterocycles. The van der Waals surface area contributed by atoms with E-state index in [1.165, 1.54) is 11.3 Å². The standard InChI is InChI=1S/C27H24N2O6S/c1-16-2-5-19(28-26(31)18-4-7-22-23(12-18)35-11-10-34-22)14-21(16)29-27(32)25-13-17-3-6-20(33-9-8-30)15-24(17)36-25/h2-7,12-15,30H,8-11H2,1H3,(H,28,31)(H,29,32). The maximum atomic E-state index is 13.0. The minimum absolute atomic E-state index is 0.0638. The maximum absolute atomic E-state index is 13.0. The van der Waals surface area contributed by atoms with Gasteiger partial charge in [0.15, 0.2) is 11.5 Å². The van der Waals surface area contributed by atoms with Gasteiger partial charge < -0.3 is 30.0 Å². The van der Waals surface area contributed by atoms with Gasteiger partial charge in [0.1, 0.15) is 25.6 Å². The molecule has 5 rings (SSSR count). The van der Waals surface area contributed by atoms with Gasteiger partial charge in [-0.1, -0.05) is 6.07 Å².